The number of rotatable bonds is 11. The molecule has 3 N–H and O–H groups in total. The molecule has 0 bridgehead atoms. The van der Waals surface area contributed by atoms with E-state index in [0.29, 0.717) is 18.7 Å². The third-order valence-corrected chi connectivity index (χ3v) is 5.25. The van der Waals surface area contributed by atoms with E-state index in [1.807, 2.05) is 84.9 Å². The maximum Gasteiger partial charge on any atom is 0.146 e. The third-order valence-electron chi connectivity index (χ3n) is 5.25. The number of aliphatic hydroxyl groups excluding tert-OH is 2. The van der Waals surface area contributed by atoms with E-state index in [1.54, 1.807) is 6.20 Å². The van der Waals surface area contributed by atoms with Crippen LogP contribution in [-0.4, -0.2) is 47.1 Å². The predicted octanol–water partition coefficient (Wildman–Crippen LogP) is 3.96. The van der Waals surface area contributed by atoms with Gasteiger partial charge in [-0.05, 0) is 48.4 Å². The van der Waals surface area contributed by atoms with Gasteiger partial charge in [-0.1, -0.05) is 48.5 Å². The van der Waals surface area contributed by atoms with Crippen LogP contribution in [0.3, 0.4) is 0 Å². The largest absolute Gasteiger partial charge is 0.491 e. The summed E-state index contributed by atoms with van der Waals surface area (Å²) in [6, 6.07) is 26.8. The lowest BCUT2D eigenvalue weighted by Gasteiger charge is -2.19. The van der Waals surface area contributed by atoms with E-state index in [-0.39, 0.29) is 19.3 Å². The molecule has 0 aliphatic heterocycles. The first-order valence-electron chi connectivity index (χ1n) is 11.0. The quantitative estimate of drug-likeness (QED) is 0.325. The second-order valence-electron chi connectivity index (χ2n) is 7.88. The molecule has 6 heteroatoms. The molecule has 0 radical (unpaired) electrons. The number of aliphatic hydroxyl groups is 2. The highest BCUT2D eigenvalue weighted by Gasteiger charge is 2.12. The zero-order valence-electron chi connectivity index (χ0n) is 18.3. The van der Waals surface area contributed by atoms with Crippen LogP contribution in [0.1, 0.15) is 5.56 Å². The molecule has 0 spiro atoms. The molecule has 3 aromatic carbocycles. The van der Waals surface area contributed by atoms with E-state index in [2.05, 4.69) is 10.3 Å². The number of hydrogen-bond acceptors (Lipinski definition) is 6. The highest BCUT2D eigenvalue weighted by molar-refractivity contribution is 5.79. The van der Waals surface area contributed by atoms with Crippen molar-refractivity contribution in [2.45, 2.75) is 18.6 Å². The maximum atomic E-state index is 10.2. The zero-order chi connectivity index (χ0) is 22.9. The topological polar surface area (TPSA) is 83.8 Å². The average Bonchev–Trinajstić information content (AvgIpc) is 2.87. The van der Waals surface area contributed by atoms with Gasteiger partial charge in [0.1, 0.15) is 30.0 Å². The Morgan fingerprint density at radius 2 is 1.61 bits per heavy atom. The van der Waals surface area contributed by atoms with Crippen LogP contribution < -0.4 is 14.8 Å². The highest BCUT2D eigenvalue weighted by atomic mass is 16.5. The summed E-state index contributed by atoms with van der Waals surface area (Å²) in [5, 5.41) is 24.1. The maximum absolute atomic E-state index is 10.2. The lowest BCUT2D eigenvalue weighted by molar-refractivity contribution is 0.0997. The van der Waals surface area contributed by atoms with Crippen LogP contribution in [0.15, 0.2) is 91.1 Å². The van der Waals surface area contributed by atoms with Gasteiger partial charge in [0.2, 0.25) is 0 Å². The first-order valence-corrected chi connectivity index (χ1v) is 11.0. The van der Waals surface area contributed by atoms with Crippen LogP contribution in [0.5, 0.6) is 17.2 Å². The zero-order valence-corrected chi connectivity index (χ0v) is 18.3. The Morgan fingerprint density at radius 1 is 0.848 bits per heavy atom. The fraction of sp³-hybridized carbons (Fsp3) is 0.222. The summed E-state index contributed by atoms with van der Waals surface area (Å²) < 4.78 is 11.5. The molecule has 0 aliphatic carbocycles. The molecule has 2 atom stereocenters. The lowest BCUT2D eigenvalue weighted by atomic mass is 10.1. The molecule has 0 fully saturated rings. The van der Waals surface area contributed by atoms with Crippen molar-refractivity contribution in [3.05, 3.63) is 96.7 Å². The second kappa shape index (κ2) is 11.4. The number of nitrogens with one attached hydrogen (secondary N) is 1. The van der Waals surface area contributed by atoms with Crippen LogP contribution in [0.25, 0.3) is 10.9 Å². The molecule has 0 aliphatic rings. The summed E-state index contributed by atoms with van der Waals surface area (Å²) in [7, 11) is 0. The van der Waals surface area contributed by atoms with Crippen molar-refractivity contribution >= 4 is 10.9 Å². The van der Waals surface area contributed by atoms with Crippen molar-refractivity contribution < 1.29 is 19.7 Å². The van der Waals surface area contributed by atoms with Crippen LogP contribution in [0.4, 0.5) is 0 Å². The third kappa shape index (κ3) is 6.76. The standard InChI is InChI=1S/C27H28N2O4/c30-18-22(28-16-23(31)19-32-24-7-2-1-3-8-24)14-20-10-12-25(13-11-20)33-26-15-21-6-4-5-9-27(21)29-17-26/h1-13,15,17,22-23,28,30-31H,14,16,18-19H2/t22-,23?/m0/s1. The summed E-state index contributed by atoms with van der Waals surface area (Å²) in [5.41, 5.74) is 1.99. The molecule has 1 aromatic heterocycles. The Bertz CT molecular complexity index is 1140. The van der Waals surface area contributed by atoms with Gasteiger partial charge >= 0.3 is 0 Å². The number of benzene rings is 3. The molecule has 0 saturated carbocycles. The number of para-hydroxylation sites is 2. The first kappa shape index (κ1) is 22.7. The Kier molecular flexibility index (Phi) is 7.87. The Balaban J connectivity index is 1.25. The van der Waals surface area contributed by atoms with Crippen molar-refractivity contribution in [1.29, 1.82) is 0 Å². The number of pyridine rings is 1. The lowest BCUT2D eigenvalue weighted by Crippen LogP contribution is -2.41. The number of fused-ring (bicyclic) bond motifs is 1. The van der Waals surface area contributed by atoms with E-state index >= 15 is 0 Å². The van der Waals surface area contributed by atoms with Crippen molar-refractivity contribution in [1.82, 2.24) is 10.3 Å². The smallest absolute Gasteiger partial charge is 0.146 e. The summed E-state index contributed by atoms with van der Waals surface area (Å²) in [6.45, 7) is 0.478. The molecule has 0 saturated heterocycles. The molecule has 6 nitrogen and oxygen atoms in total. The molecule has 33 heavy (non-hydrogen) atoms. The van der Waals surface area contributed by atoms with Crippen molar-refractivity contribution in [2.75, 3.05) is 19.8 Å². The molecule has 170 valence electrons. The van der Waals surface area contributed by atoms with Crippen LogP contribution in [0, 0.1) is 0 Å². The van der Waals surface area contributed by atoms with Gasteiger partial charge in [0.05, 0.1) is 18.3 Å². The fourth-order valence-electron chi connectivity index (χ4n) is 3.49. The molecule has 0 amide bonds. The van der Waals surface area contributed by atoms with E-state index in [1.165, 1.54) is 0 Å². The first-order chi connectivity index (χ1) is 16.2. The number of ether oxygens (including phenoxy) is 2. The molecular weight excluding hydrogens is 416 g/mol. The molecule has 4 rings (SSSR count). The Labute approximate surface area is 193 Å². The summed E-state index contributed by atoms with van der Waals surface area (Å²) in [6.07, 6.45) is 1.67. The van der Waals surface area contributed by atoms with Gasteiger partial charge in [-0.2, -0.15) is 0 Å². The van der Waals surface area contributed by atoms with Gasteiger partial charge in [0.25, 0.3) is 0 Å². The average molecular weight is 445 g/mol. The highest BCUT2D eigenvalue weighted by Crippen LogP contribution is 2.24. The van der Waals surface area contributed by atoms with E-state index in [9.17, 15) is 10.2 Å². The van der Waals surface area contributed by atoms with Crippen molar-refractivity contribution in [2.24, 2.45) is 0 Å². The van der Waals surface area contributed by atoms with E-state index < -0.39 is 6.10 Å². The van der Waals surface area contributed by atoms with Gasteiger partial charge in [0, 0.05) is 18.0 Å². The van der Waals surface area contributed by atoms with Gasteiger partial charge in [-0.3, -0.25) is 4.98 Å². The molecule has 4 aromatic rings. The summed E-state index contributed by atoms with van der Waals surface area (Å²) in [4.78, 5) is 4.42. The van der Waals surface area contributed by atoms with Gasteiger partial charge in [0.15, 0.2) is 0 Å². The van der Waals surface area contributed by atoms with E-state index in [0.717, 1.165) is 28.0 Å². The van der Waals surface area contributed by atoms with Crippen molar-refractivity contribution in [3.8, 4) is 17.2 Å². The minimum absolute atomic E-state index is 0.0345. The van der Waals surface area contributed by atoms with E-state index in [4.69, 9.17) is 9.47 Å². The number of nitrogens with zero attached hydrogens (tertiary/aromatic N) is 1. The van der Waals surface area contributed by atoms with Crippen LogP contribution in [-0.2, 0) is 6.42 Å². The van der Waals surface area contributed by atoms with Crippen molar-refractivity contribution in [3.63, 3.8) is 0 Å². The van der Waals surface area contributed by atoms with Crippen LogP contribution >= 0.6 is 0 Å². The normalized spacial score (nSPS) is 12.9. The predicted molar refractivity (Wildman–Crippen MR) is 129 cm³/mol. The molecule has 1 unspecified atom stereocenters. The minimum Gasteiger partial charge on any atom is -0.491 e. The monoisotopic (exact) mass is 444 g/mol. The SMILES string of the molecule is OC[C@H](Cc1ccc(Oc2cnc3ccccc3c2)cc1)NCC(O)COc1ccccc1. The summed E-state index contributed by atoms with van der Waals surface area (Å²) >= 11 is 0. The minimum atomic E-state index is -0.675. The van der Waals surface area contributed by atoms with Crippen LogP contribution in [0.2, 0.25) is 0 Å². The fourth-order valence-corrected chi connectivity index (χ4v) is 3.49. The molecular formula is C27H28N2O4. The summed E-state index contributed by atoms with van der Waals surface area (Å²) in [5.74, 6) is 2.12. The molecule has 1 heterocycles. The number of hydrogen-bond donors (Lipinski definition) is 3. The second-order valence-corrected chi connectivity index (χ2v) is 7.88. The van der Waals surface area contributed by atoms with Gasteiger partial charge in [-0.15, -0.1) is 0 Å². The van der Waals surface area contributed by atoms with Gasteiger partial charge in [-0.25, -0.2) is 0 Å². The van der Waals surface area contributed by atoms with Gasteiger partial charge < -0.3 is 25.0 Å². The Morgan fingerprint density at radius 3 is 2.39 bits per heavy atom. The Hall–Kier alpha value is -3.45. The number of aromatic nitrogens is 1.